The van der Waals surface area contributed by atoms with E-state index in [2.05, 4.69) is 25.6 Å². The summed E-state index contributed by atoms with van der Waals surface area (Å²) >= 11 is 0. The van der Waals surface area contributed by atoms with Gasteiger partial charge < -0.3 is 15.4 Å². The van der Waals surface area contributed by atoms with E-state index in [1.54, 1.807) is 19.5 Å². The average molecular weight is 399 g/mol. The first kappa shape index (κ1) is 19.3. The largest absolute Gasteiger partial charge is 0.497 e. The number of fused-ring (bicyclic) bond motifs is 1. The number of amides is 1. The molecule has 0 spiro atoms. The molecule has 2 heterocycles. The second-order valence-corrected chi connectivity index (χ2v) is 6.65. The lowest BCUT2D eigenvalue weighted by atomic mass is 10.1. The first-order valence-electron chi connectivity index (χ1n) is 9.57. The summed E-state index contributed by atoms with van der Waals surface area (Å²) < 4.78 is 5.14. The van der Waals surface area contributed by atoms with E-state index in [-0.39, 0.29) is 11.6 Å². The van der Waals surface area contributed by atoms with E-state index >= 15 is 0 Å². The number of hydrogen-bond acceptors (Lipinski definition) is 6. The highest BCUT2D eigenvalue weighted by molar-refractivity contribution is 5.93. The summed E-state index contributed by atoms with van der Waals surface area (Å²) in [6.07, 6.45) is 5.47. The van der Waals surface area contributed by atoms with E-state index in [1.165, 1.54) is 6.20 Å². The number of nitrogens with zero attached hydrogens (tertiary/aromatic N) is 3. The van der Waals surface area contributed by atoms with Crippen LogP contribution < -0.4 is 15.4 Å². The van der Waals surface area contributed by atoms with Crippen LogP contribution in [0.3, 0.4) is 0 Å². The van der Waals surface area contributed by atoms with Crippen LogP contribution in [0.4, 0.5) is 11.5 Å². The quantitative estimate of drug-likeness (QED) is 0.492. The van der Waals surface area contributed by atoms with Crippen molar-refractivity contribution in [2.24, 2.45) is 0 Å². The molecule has 1 amide bonds. The molecule has 0 saturated carbocycles. The van der Waals surface area contributed by atoms with Crippen LogP contribution in [0, 0.1) is 0 Å². The van der Waals surface area contributed by atoms with Crippen molar-refractivity contribution in [1.82, 2.24) is 20.3 Å². The zero-order valence-electron chi connectivity index (χ0n) is 16.5. The van der Waals surface area contributed by atoms with E-state index in [0.717, 1.165) is 34.3 Å². The van der Waals surface area contributed by atoms with E-state index in [0.29, 0.717) is 12.4 Å². The summed E-state index contributed by atoms with van der Waals surface area (Å²) in [7, 11) is 1.63. The summed E-state index contributed by atoms with van der Waals surface area (Å²) in [6, 6.07) is 17.5. The Morgan fingerprint density at radius 3 is 2.57 bits per heavy atom. The van der Waals surface area contributed by atoms with Crippen molar-refractivity contribution < 1.29 is 9.53 Å². The lowest BCUT2D eigenvalue weighted by Gasteiger charge is -2.09. The molecule has 0 unspecified atom stereocenters. The minimum absolute atomic E-state index is 0.255. The summed E-state index contributed by atoms with van der Waals surface area (Å²) in [4.78, 5) is 25.3. The smallest absolute Gasteiger partial charge is 0.271 e. The number of benzene rings is 2. The zero-order valence-corrected chi connectivity index (χ0v) is 16.5. The molecule has 7 heteroatoms. The molecule has 0 bridgehead atoms. The maximum Gasteiger partial charge on any atom is 0.271 e. The number of carbonyl (C=O) groups is 1. The standard InChI is InChI=1S/C23H21N5O2/c1-30-18-9-7-16(8-10-18)11-13-25-23(29)20-14-27-21(15-26-20)28-19-6-2-4-17-5-3-12-24-22(17)19/h2-10,12,14-15H,11,13H2,1H3,(H,25,29)(H,27,28). The second-order valence-electron chi connectivity index (χ2n) is 6.65. The first-order valence-corrected chi connectivity index (χ1v) is 9.57. The third-order valence-electron chi connectivity index (χ3n) is 4.64. The highest BCUT2D eigenvalue weighted by Crippen LogP contribution is 2.23. The molecule has 4 rings (SSSR count). The van der Waals surface area contributed by atoms with Crippen LogP contribution in [-0.2, 0) is 6.42 Å². The van der Waals surface area contributed by atoms with Gasteiger partial charge in [0.25, 0.3) is 5.91 Å². The van der Waals surface area contributed by atoms with Crippen molar-refractivity contribution in [3.05, 3.63) is 84.4 Å². The van der Waals surface area contributed by atoms with Gasteiger partial charge in [-0.15, -0.1) is 0 Å². The van der Waals surface area contributed by atoms with Gasteiger partial charge in [0, 0.05) is 18.1 Å². The Balaban J connectivity index is 1.35. The number of hydrogen-bond donors (Lipinski definition) is 2. The number of anilines is 2. The molecule has 2 aromatic heterocycles. The van der Waals surface area contributed by atoms with E-state index in [9.17, 15) is 4.79 Å². The van der Waals surface area contributed by atoms with Gasteiger partial charge in [0.15, 0.2) is 0 Å². The monoisotopic (exact) mass is 399 g/mol. The first-order chi connectivity index (χ1) is 14.7. The fourth-order valence-electron chi connectivity index (χ4n) is 3.06. The minimum Gasteiger partial charge on any atom is -0.497 e. The molecular formula is C23H21N5O2. The normalized spacial score (nSPS) is 10.6. The van der Waals surface area contributed by atoms with Crippen molar-refractivity contribution in [3.63, 3.8) is 0 Å². The number of aromatic nitrogens is 3. The second kappa shape index (κ2) is 9.00. The molecule has 2 aromatic carbocycles. The van der Waals surface area contributed by atoms with Gasteiger partial charge in [-0.25, -0.2) is 9.97 Å². The van der Waals surface area contributed by atoms with Gasteiger partial charge in [0.1, 0.15) is 17.3 Å². The zero-order chi connectivity index (χ0) is 20.8. The molecule has 4 aromatic rings. The predicted molar refractivity (Wildman–Crippen MR) is 116 cm³/mol. The van der Waals surface area contributed by atoms with Crippen molar-refractivity contribution in [1.29, 1.82) is 0 Å². The lowest BCUT2D eigenvalue weighted by molar-refractivity contribution is 0.0949. The molecule has 0 aliphatic heterocycles. The molecule has 0 atom stereocenters. The van der Waals surface area contributed by atoms with E-state index in [1.807, 2.05) is 54.6 Å². The molecule has 0 fully saturated rings. The van der Waals surface area contributed by atoms with Crippen LogP contribution in [0.15, 0.2) is 73.2 Å². The molecule has 30 heavy (non-hydrogen) atoms. The highest BCUT2D eigenvalue weighted by atomic mass is 16.5. The molecule has 0 radical (unpaired) electrons. The molecule has 0 aliphatic rings. The number of methoxy groups -OCH3 is 1. The van der Waals surface area contributed by atoms with Gasteiger partial charge in [-0.2, -0.15) is 0 Å². The van der Waals surface area contributed by atoms with Crippen LogP contribution >= 0.6 is 0 Å². The summed E-state index contributed by atoms with van der Waals surface area (Å²) in [5, 5.41) is 7.11. The average Bonchev–Trinajstić information content (AvgIpc) is 2.80. The minimum atomic E-state index is -0.255. The van der Waals surface area contributed by atoms with Crippen molar-refractivity contribution in [2.75, 3.05) is 19.0 Å². The van der Waals surface area contributed by atoms with E-state index < -0.39 is 0 Å². The van der Waals surface area contributed by atoms with Gasteiger partial charge in [-0.05, 0) is 36.2 Å². The molecule has 7 nitrogen and oxygen atoms in total. The van der Waals surface area contributed by atoms with Gasteiger partial charge in [-0.3, -0.25) is 9.78 Å². The maximum atomic E-state index is 12.3. The van der Waals surface area contributed by atoms with Gasteiger partial charge in [-0.1, -0.05) is 30.3 Å². The Bertz CT molecular complexity index is 1140. The summed E-state index contributed by atoms with van der Waals surface area (Å²) in [5.41, 5.74) is 3.07. The number of carbonyl (C=O) groups excluding carboxylic acids is 1. The summed E-state index contributed by atoms with van der Waals surface area (Å²) in [6.45, 7) is 0.508. The van der Waals surface area contributed by atoms with E-state index in [4.69, 9.17) is 4.74 Å². The Labute approximate surface area is 174 Å². The third-order valence-corrected chi connectivity index (χ3v) is 4.64. The van der Waals surface area contributed by atoms with Gasteiger partial charge >= 0.3 is 0 Å². The Morgan fingerprint density at radius 1 is 0.967 bits per heavy atom. The van der Waals surface area contributed by atoms with Crippen LogP contribution in [0.2, 0.25) is 0 Å². The molecular weight excluding hydrogens is 378 g/mol. The SMILES string of the molecule is COc1ccc(CCNC(=O)c2cnc(Nc3cccc4cccnc34)cn2)cc1. The number of pyridine rings is 1. The van der Waals surface area contributed by atoms with Crippen molar-refractivity contribution in [3.8, 4) is 5.75 Å². The van der Waals surface area contributed by atoms with Crippen LogP contribution in [0.5, 0.6) is 5.75 Å². The Hall–Kier alpha value is -4.00. The molecule has 2 N–H and O–H groups in total. The lowest BCUT2D eigenvalue weighted by Crippen LogP contribution is -2.26. The number of ether oxygens (including phenoxy) is 1. The fourth-order valence-corrected chi connectivity index (χ4v) is 3.06. The number of para-hydroxylation sites is 1. The maximum absolute atomic E-state index is 12.3. The van der Waals surface area contributed by atoms with Crippen molar-refractivity contribution >= 4 is 28.3 Å². The van der Waals surface area contributed by atoms with Crippen LogP contribution in [0.1, 0.15) is 16.1 Å². The fraction of sp³-hybridized carbons (Fsp3) is 0.130. The molecule has 0 saturated heterocycles. The summed E-state index contributed by atoms with van der Waals surface area (Å²) in [5.74, 6) is 1.10. The number of nitrogens with one attached hydrogen (secondary N) is 2. The Kier molecular flexibility index (Phi) is 5.80. The molecule has 150 valence electrons. The Morgan fingerprint density at radius 2 is 1.80 bits per heavy atom. The predicted octanol–water partition coefficient (Wildman–Crippen LogP) is 3.75. The van der Waals surface area contributed by atoms with Crippen LogP contribution in [0.25, 0.3) is 10.9 Å². The molecule has 0 aliphatic carbocycles. The van der Waals surface area contributed by atoms with Crippen LogP contribution in [-0.4, -0.2) is 34.5 Å². The van der Waals surface area contributed by atoms with Gasteiger partial charge in [0.05, 0.1) is 30.7 Å². The third kappa shape index (κ3) is 4.52. The highest BCUT2D eigenvalue weighted by Gasteiger charge is 2.09. The topological polar surface area (TPSA) is 89.0 Å². The number of rotatable bonds is 7. The van der Waals surface area contributed by atoms with Crippen molar-refractivity contribution in [2.45, 2.75) is 6.42 Å². The van der Waals surface area contributed by atoms with Gasteiger partial charge in [0.2, 0.25) is 0 Å².